The van der Waals surface area contributed by atoms with Gasteiger partial charge in [0, 0.05) is 6.04 Å². The van der Waals surface area contributed by atoms with Crippen LogP contribution in [0.25, 0.3) is 0 Å². The average Bonchev–Trinajstić information content (AvgIpc) is 2.43. The van der Waals surface area contributed by atoms with E-state index in [2.05, 4.69) is 32.7 Å². The van der Waals surface area contributed by atoms with Crippen molar-refractivity contribution in [2.24, 2.45) is 0 Å². The van der Waals surface area contributed by atoms with Gasteiger partial charge < -0.3 is 4.74 Å². The van der Waals surface area contributed by atoms with Crippen LogP contribution >= 0.6 is 0 Å². The molecule has 0 aromatic heterocycles. The number of unbranched alkanes of at least 4 members (excludes halogenated alkanes) is 1. The molecule has 1 aliphatic rings. The summed E-state index contributed by atoms with van der Waals surface area (Å²) in [6.45, 7) is 7.60. The molecule has 0 unspecified atom stereocenters. The summed E-state index contributed by atoms with van der Waals surface area (Å²) in [4.78, 5) is 2.41. The maximum atomic E-state index is 5.94. The Labute approximate surface area is 82.3 Å². The maximum absolute atomic E-state index is 5.94. The molecule has 1 fully saturated rings. The summed E-state index contributed by atoms with van der Waals surface area (Å²) in [5.41, 5.74) is 0.0510. The van der Waals surface area contributed by atoms with Crippen LogP contribution in [-0.2, 0) is 4.74 Å². The number of nitrogens with zero attached hydrogens (tertiary/aromatic N) is 1. The molecule has 2 nitrogen and oxygen atoms in total. The standard InChI is InChI=1S/C11H23NO/c1-5-7-8-11(6-2)12(4)10(3)9-13-11/h10H,5-9H2,1-4H3/t10-,11-/m1/s1. The van der Waals surface area contributed by atoms with Gasteiger partial charge in [-0.15, -0.1) is 0 Å². The predicted molar refractivity (Wildman–Crippen MR) is 55.7 cm³/mol. The van der Waals surface area contributed by atoms with Crippen LogP contribution < -0.4 is 0 Å². The van der Waals surface area contributed by atoms with Crippen LogP contribution in [0.1, 0.15) is 46.5 Å². The van der Waals surface area contributed by atoms with Gasteiger partial charge in [0.15, 0.2) is 0 Å². The third-order valence-corrected chi connectivity index (χ3v) is 3.37. The number of rotatable bonds is 4. The van der Waals surface area contributed by atoms with Crippen molar-refractivity contribution in [1.29, 1.82) is 0 Å². The molecule has 0 amide bonds. The summed E-state index contributed by atoms with van der Waals surface area (Å²) in [5.74, 6) is 0. The van der Waals surface area contributed by atoms with E-state index >= 15 is 0 Å². The lowest BCUT2D eigenvalue weighted by Crippen LogP contribution is -2.44. The van der Waals surface area contributed by atoms with Gasteiger partial charge in [0.2, 0.25) is 0 Å². The molecular weight excluding hydrogens is 162 g/mol. The van der Waals surface area contributed by atoms with E-state index in [0.717, 1.165) is 13.0 Å². The average molecular weight is 185 g/mol. The highest BCUT2D eigenvalue weighted by molar-refractivity contribution is 4.87. The maximum Gasteiger partial charge on any atom is 0.121 e. The Morgan fingerprint density at radius 1 is 1.46 bits per heavy atom. The molecule has 2 atom stereocenters. The first-order valence-electron chi connectivity index (χ1n) is 5.53. The number of ether oxygens (including phenoxy) is 1. The molecule has 13 heavy (non-hydrogen) atoms. The van der Waals surface area contributed by atoms with Crippen LogP contribution in [0.15, 0.2) is 0 Å². The Hall–Kier alpha value is -0.0800. The molecule has 0 bridgehead atoms. The van der Waals surface area contributed by atoms with Gasteiger partial charge >= 0.3 is 0 Å². The number of hydrogen-bond donors (Lipinski definition) is 0. The Morgan fingerprint density at radius 3 is 2.54 bits per heavy atom. The van der Waals surface area contributed by atoms with E-state index in [9.17, 15) is 0 Å². The summed E-state index contributed by atoms with van der Waals surface area (Å²) in [7, 11) is 2.19. The monoisotopic (exact) mass is 185 g/mol. The quantitative estimate of drug-likeness (QED) is 0.667. The third-order valence-electron chi connectivity index (χ3n) is 3.37. The van der Waals surface area contributed by atoms with E-state index < -0.39 is 0 Å². The molecule has 0 aromatic rings. The summed E-state index contributed by atoms with van der Waals surface area (Å²) in [5, 5.41) is 0. The molecule has 2 heteroatoms. The van der Waals surface area contributed by atoms with Crippen LogP contribution in [0.3, 0.4) is 0 Å². The molecule has 0 aromatic carbocycles. The lowest BCUT2D eigenvalue weighted by atomic mass is 10.0. The zero-order chi connectivity index (χ0) is 9.90. The highest BCUT2D eigenvalue weighted by Gasteiger charge is 2.41. The largest absolute Gasteiger partial charge is 0.359 e. The van der Waals surface area contributed by atoms with Crippen molar-refractivity contribution in [3.8, 4) is 0 Å². The first kappa shape index (κ1) is 11.0. The third kappa shape index (κ3) is 2.05. The van der Waals surface area contributed by atoms with Gasteiger partial charge in [-0.2, -0.15) is 0 Å². The normalized spacial score (nSPS) is 35.5. The van der Waals surface area contributed by atoms with Crippen LogP contribution in [-0.4, -0.2) is 30.3 Å². The SMILES string of the molecule is CCCC[C@@]1(CC)OC[C@@H](C)N1C. The minimum Gasteiger partial charge on any atom is -0.359 e. The van der Waals surface area contributed by atoms with E-state index in [1.807, 2.05) is 0 Å². The van der Waals surface area contributed by atoms with Crippen molar-refractivity contribution in [2.45, 2.75) is 58.2 Å². The van der Waals surface area contributed by atoms with Crippen molar-refractivity contribution >= 4 is 0 Å². The molecule has 0 N–H and O–H groups in total. The first-order chi connectivity index (χ1) is 6.16. The van der Waals surface area contributed by atoms with Gasteiger partial charge in [0.05, 0.1) is 6.61 Å². The molecule has 1 heterocycles. The molecule has 1 aliphatic heterocycles. The second-order valence-electron chi connectivity index (χ2n) is 4.17. The highest BCUT2D eigenvalue weighted by Crippen LogP contribution is 2.33. The van der Waals surface area contributed by atoms with Crippen LogP contribution in [0.4, 0.5) is 0 Å². The Morgan fingerprint density at radius 2 is 2.15 bits per heavy atom. The molecule has 0 spiro atoms. The lowest BCUT2D eigenvalue weighted by Gasteiger charge is -2.35. The van der Waals surface area contributed by atoms with E-state index in [4.69, 9.17) is 4.74 Å². The van der Waals surface area contributed by atoms with E-state index in [1.54, 1.807) is 0 Å². The summed E-state index contributed by atoms with van der Waals surface area (Å²) in [6, 6.07) is 0.580. The van der Waals surface area contributed by atoms with Gasteiger partial charge in [-0.05, 0) is 33.2 Å². The van der Waals surface area contributed by atoms with Crippen LogP contribution in [0.2, 0.25) is 0 Å². The number of likely N-dealkylation sites (N-methyl/N-ethyl adjacent to an activating group) is 1. The van der Waals surface area contributed by atoms with Crippen molar-refractivity contribution in [3.05, 3.63) is 0 Å². The molecule has 0 aliphatic carbocycles. The van der Waals surface area contributed by atoms with E-state index in [0.29, 0.717) is 6.04 Å². The molecule has 78 valence electrons. The lowest BCUT2D eigenvalue weighted by molar-refractivity contribution is -0.0844. The van der Waals surface area contributed by atoms with Crippen LogP contribution in [0, 0.1) is 0 Å². The topological polar surface area (TPSA) is 12.5 Å². The fourth-order valence-corrected chi connectivity index (χ4v) is 2.12. The summed E-state index contributed by atoms with van der Waals surface area (Å²) < 4.78 is 5.94. The zero-order valence-corrected chi connectivity index (χ0v) is 9.47. The first-order valence-corrected chi connectivity index (χ1v) is 5.53. The second-order valence-corrected chi connectivity index (χ2v) is 4.17. The van der Waals surface area contributed by atoms with Crippen molar-refractivity contribution < 1.29 is 4.74 Å². The van der Waals surface area contributed by atoms with Gasteiger partial charge in [-0.3, -0.25) is 4.90 Å². The van der Waals surface area contributed by atoms with Gasteiger partial charge in [-0.25, -0.2) is 0 Å². The smallest absolute Gasteiger partial charge is 0.121 e. The van der Waals surface area contributed by atoms with Gasteiger partial charge in [0.25, 0.3) is 0 Å². The zero-order valence-electron chi connectivity index (χ0n) is 9.47. The van der Waals surface area contributed by atoms with E-state index in [-0.39, 0.29) is 5.72 Å². The molecular formula is C11H23NO. The minimum absolute atomic E-state index is 0.0510. The Bertz CT molecular complexity index is 160. The van der Waals surface area contributed by atoms with E-state index in [1.165, 1.54) is 19.3 Å². The Kier molecular flexibility index (Phi) is 3.74. The molecule has 0 radical (unpaired) electrons. The summed E-state index contributed by atoms with van der Waals surface area (Å²) in [6.07, 6.45) is 4.81. The van der Waals surface area contributed by atoms with Crippen molar-refractivity contribution in [2.75, 3.05) is 13.7 Å². The van der Waals surface area contributed by atoms with Crippen LogP contribution in [0.5, 0.6) is 0 Å². The molecule has 0 saturated carbocycles. The number of hydrogen-bond acceptors (Lipinski definition) is 2. The second kappa shape index (κ2) is 4.43. The fourth-order valence-electron chi connectivity index (χ4n) is 2.12. The van der Waals surface area contributed by atoms with Crippen molar-refractivity contribution in [1.82, 2.24) is 4.90 Å². The minimum atomic E-state index is 0.0510. The predicted octanol–water partition coefficient (Wildman–Crippen LogP) is 2.63. The highest BCUT2D eigenvalue weighted by atomic mass is 16.5. The fraction of sp³-hybridized carbons (Fsp3) is 1.00. The van der Waals surface area contributed by atoms with Crippen molar-refractivity contribution in [3.63, 3.8) is 0 Å². The molecule has 1 rings (SSSR count). The van der Waals surface area contributed by atoms with Gasteiger partial charge in [0.1, 0.15) is 5.72 Å². The van der Waals surface area contributed by atoms with Gasteiger partial charge in [-0.1, -0.05) is 20.3 Å². The molecule has 1 saturated heterocycles. The summed E-state index contributed by atoms with van der Waals surface area (Å²) >= 11 is 0. The Balaban J connectivity index is 2.58.